The molecule has 2 N–H and O–H groups in total. The third-order valence-corrected chi connectivity index (χ3v) is 2.58. The van der Waals surface area contributed by atoms with Crippen LogP contribution in [0.2, 0.25) is 0 Å². The van der Waals surface area contributed by atoms with Gasteiger partial charge in [-0.05, 0) is 6.42 Å². The molecule has 5 nitrogen and oxygen atoms in total. The number of amides is 1. The van der Waals surface area contributed by atoms with Crippen LogP contribution in [0.25, 0.3) is 0 Å². The molecule has 1 atom stereocenters. The van der Waals surface area contributed by atoms with Crippen molar-refractivity contribution in [3.63, 3.8) is 0 Å². The summed E-state index contributed by atoms with van der Waals surface area (Å²) in [7, 11) is 0. The minimum absolute atomic E-state index is 0.0126. The molecule has 0 spiro atoms. The average Bonchev–Trinajstić information content (AvgIpc) is 2.35. The van der Waals surface area contributed by atoms with E-state index in [-0.39, 0.29) is 5.91 Å². The molecule has 0 bridgehead atoms. The molecule has 1 heterocycles. The maximum atomic E-state index is 12.1. The van der Waals surface area contributed by atoms with Crippen molar-refractivity contribution >= 4 is 5.91 Å². The van der Waals surface area contributed by atoms with Gasteiger partial charge in [-0.3, -0.25) is 4.79 Å². The third-order valence-electron chi connectivity index (χ3n) is 2.58. The monoisotopic (exact) mass is 230 g/mol. The van der Waals surface area contributed by atoms with Gasteiger partial charge in [0.05, 0.1) is 19.8 Å². The van der Waals surface area contributed by atoms with Crippen LogP contribution in [0.1, 0.15) is 19.8 Å². The highest BCUT2D eigenvalue weighted by atomic mass is 16.6. The summed E-state index contributed by atoms with van der Waals surface area (Å²) in [5.41, 5.74) is 5.50. The number of hydrogen-bond acceptors (Lipinski definition) is 4. The van der Waals surface area contributed by atoms with Gasteiger partial charge in [-0.1, -0.05) is 13.3 Å². The lowest BCUT2D eigenvalue weighted by Crippen LogP contribution is -2.47. The minimum Gasteiger partial charge on any atom is -0.376 e. The van der Waals surface area contributed by atoms with E-state index in [1.807, 2.05) is 0 Å². The highest BCUT2D eigenvalue weighted by Crippen LogP contribution is 2.06. The van der Waals surface area contributed by atoms with Crippen LogP contribution in [-0.2, 0) is 14.3 Å². The van der Waals surface area contributed by atoms with E-state index in [9.17, 15) is 4.79 Å². The number of carbonyl (C=O) groups excluding carboxylic acids is 1. The van der Waals surface area contributed by atoms with Gasteiger partial charge in [0.15, 0.2) is 6.10 Å². The van der Waals surface area contributed by atoms with Crippen molar-refractivity contribution in [3.05, 3.63) is 0 Å². The Bertz CT molecular complexity index is 205. The summed E-state index contributed by atoms with van der Waals surface area (Å²) in [5.74, 6) is 0.0126. The van der Waals surface area contributed by atoms with Crippen molar-refractivity contribution in [1.29, 1.82) is 0 Å². The van der Waals surface area contributed by atoms with Crippen LogP contribution in [0.5, 0.6) is 0 Å². The number of nitrogens with zero attached hydrogens (tertiary/aromatic N) is 1. The number of unbranched alkanes of at least 4 members (excludes halogenated alkanes) is 1. The molecule has 1 aliphatic rings. The van der Waals surface area contributed by atoms with Crippen molar-refractivity contribution in [3.8, 4) is 0 Å². The van der Waals surface area contributed by atoms with Crippen molar-refractivity contribution < 1.29 is 14.3 Å². The van der Waals surface area contributed by atoms with E-state index in [4.69, 9.17) is 15.2 Å². The standard InChI is InChI=1S/C11H22N2O3/c1-2-3-5-13(6-4-12)11(14)10-9-15-7-8-16-10/h10H,2-9,12H2,1H3. The van der Waals surface area contributed by atoms with Gasteiger partial charge in [-0.15, -0.1) is 0 Å². The topological polar surface area (TPSA) is 64.8 Å². The molecule has 1 aliphatic heterocycles. The third kappa shape index (κ3) is 4.08. The number of nitrogens with two attached hydrogens (primary N) is 1. The second-order valence-electron chi connectivity index (χ2n) is 3.90. The zero-order chi connectivity index (χ0) is 11.8. The van der Waals surface area contributed by atoms with E-state index in [2.05, 4.69) is 6.92 Å². The Morgan fingerprint density at radius 2 is 2.25 bits per heavy atom. The van der Waals surface area contributed by atoms with Gasteiger partial charge in [-0.2, -0.15) is 0 Å². The Kier molecular flexibility index (Phi) is 6.37. The molecule has 1 fully saturated rings. The molecule has 0 aromatic carbocycles. The van der Waals surface area contributed by atoms with Crippen molar-refractivity contribution in [2.24, 2.45) is 5.73 Å². The second-order valence-corrected chi connectivity index (χ2v) is 3.90. The fraction of sp³-hybridized carbons (Fsp3) is 0.909. The zero-order valence-corrected chi connectivity index (χ0v) is 9.98. The molecule has 1 saturated heterocycles. The molecule has 0 radical (unpaired) electrons. The van der Waals surface area contributed by atoms with Crippen LogP contribution in [0.4, 0.5) is 0 Å². The fourth-order valence-corrected chi connectivity index (χ4v) is 1.67. The van der Waals surface area contributed by atoms with Crippen molar-refractivity contribution in [1.82, 2.24) is 4.90 Å². The van der Waals surface area contributed by atoms with Gasteiger partial charge in [0.1, 0.15) is 0 Å². The van der Waals surface area contributed by atoms with Gasteiger partial charge in [0, 0.05) is 19.6 Å². The van der Waals surface area contributed by atoms with Crippen LogP contribution in [0, 0.1) is 0 Å². The molecule has 1 amide bonds. The van der Waals surface area contributed by atoms with Crippen LogP contribution in [0.15, 0.2) is 0 Å². The number of ether oxygens (including phenoxy) is 2. The van der Waals surface area contributed by atoms with E-state index in [0.717, 1.165) is 19.4 Å². The Morgan fingerprint density at radius 3 is 2.81 bits per heavy atom. The van der Waals surface area contributed by atoms with Crippen LogP contribution in [-0.4, -0.2) is 56.4 Å². The van der Waals surface area contributed by atoms with E-state index >= 15 is 0 Å². The predicted octanol–water partition coefficient (Wildman–Crippen LogP) is -0.0108. The summed E-state index contributed by atoms with van der Waals surface area (Å²) in [6.45, 7) is 5.39. The molecule has 0 aliphatic carbocycles. The first kappa shape index (κ1) is 13.4. The summed E-state index contributed by atoms with van der Waals surface area (Å²) in [6.07, 6.45) is 1.63. The first-order valence-corrected chi connectivity index (χ1v) is 5.97. The molecule has 16 heavy (non-hydrogen) atoms. The number of carbonyl (C=O) groups is 1. The smallest absolute Gasteiger partial charge is 0.254 e. The Morgan fingerprint density at radius 1 is 1.44 bits per heavy atom. The lowest BCUT2D eigenvalue weighted by atomic mass is 10.2. The summed E-state index contributed by atoms with van der Waals surface area (Å²) in [5, 5.41) is 0. The first-order chi connectivity index (χ1) is 7.79. The van der Waals surface area contributed by atoms with Gasteiger partial charge in [0.25, 0.3) is 5.91 Å². The Labute approximate surface area is 96.9 Å². The fourth-order valence-electron chi connectivity index (χ4n) is 1.67. The predicted molar refractivity (Wildman–Crippen MR) is 61.1 cm³/mol. The van der Waals surface area contributed by atoms with Crippen molar-refractivity contribution in [2.45, 2.75) is 25.9 Å². The van der Waals surface area contributed by atoms with E-state index < -0.39 is 6.10 Å². The highest BCUT2D eigenvalue weighted by Gasteiger charge is 2.26. The number of rotatable bonds is 6. The minimum atomic E-state index is -0.433. The molecule has 0 saturated carbocycles. The van der Waals surface area contributed by atoms with Crippen LogP contribution in [0.3, 0.4) is 0 Å². The van der Waals surface area contributed by atoms with Gasteiger partial charge in [-0.25, -0.2) is 0 Å². The van der Waals surface area contributed by atoms with Gasteiger partial charge < -0.3 is 20.1 Å². The summed E-state index contributed by atoms with van der Waals surface area (Å²) in [4.78, 5) is 13.8. The van der Waals surface area contributed by atoms with Crippen molar-refractivity contribution in [2.75, 3.05) is 39.5 Å². The van der Waals surface area contributed by atoms with E-state index in [1.54, 1.807) is 4.90 Å². The van der Waals surface area contributed by atoms with Crippen LogP contribution < -0.4 is 5.73 Å². The maximum absolute atomic E-state index is 12.1. The molecule has 1 unspecified atom stereocenters. The van der Waals surface area contributed by atoms with Gasteiger partial charge in [0.2, 0.25) is 0 Å². The highest BCUT2D eigenvalue weighted by molar-refractivity contribution is 5.81. The zero-order valence-electron chi connectivity index (χ0n) is 9.98. The molecule has 0 aromatic rings. The molecule has 1 rings (SSSR count). The lowest BCUT2D eigenvalue weighted by Gasteiger charge is -2.29. The SMILES string of the molecule is CCCCN(CCN)C(=O)C1COCCO1. The average molecular weight is 230 g/mol. The maximum Gasteiger partial charge on any atom is 0.254 e. The quantitative estimate of drug-likeness (QED) is 0.697. The summed E-state index contributed by atoms with van der Waals surface area (Å²) in [6, 6.07) is 0. The molecular formula is C11H22N2O3. The molecule has 5 heteroatoms. The lowest BCUT2D eigenvalue weighted by molar-refractivity contribution is -0.157. The molecular weight excluding hydrogens is 208 g/mol. The summed E-state index contributed by atoms with van der Waals surface area (Å²) < 4.78 is 10.6. The van der Waals surface area contributed by atoms with Gasteiger partial charge >= 0.3 is 0 Å². The number of hydrogen-bond donors (Lipinski definition) is 1. The molecule has 94 valence electrons. The largest absolute Gasteiger partial charge is 0.376 e. The summed E-state index contributed by atoms with van der Waals surface area (Å²) >= 11 is 0. The Balaban J connectivity index is 2.44. The second kappa shape index (κ2) is 7.60. The Hall–Kier alpha value is -0.650. The van der Waals surface area contributed by atoms with E-state index in [0.29, 0.717) is 32.9 Å². The van der Waals surface area contributed by atoms with E-state index in [1.165, 1.54) is 0 Å². The first-order valence-electron chi connectivity index (χ1n) is 5.97. The molecule has 0 aromatic heterocycles. The van der Waals surface area contributed by atoms with Crippen LogP contribution >= 0.6 is 0 Å². The normalized spacial score (nSPS) is 20.8.